The number of hydrogen-bond donors (Lipinski definition) is 0. The van der Waals surface area contributed by atoms with E-state index in [1.807, 2.05) is 11.3 Å². The molecule has 2 nitrogen and oxygen atoms in total. The first-order chi connectivity index (χ1) is 31.3. The third-order valence-corrected chi connectivity index (χ3v) is 13.0. The highest BCUT2D eigenvalue weighted by molar-refractivity contribution is 7.26. The van der Waals surface area contributed by atoms with Gasteiger partial charge in [-0.25, -0.2) is 0 Å². The van der Waals surface area contributed by atoms with Gasteiger partial charge in [-0.2, -0.15) is 0 Å². The molecule has 0 amide bonds. The normalized spacial score (nSPS) is 11.2. The van der Waals surface area contributed by atoms with Crippen LogP contribution in [0.3, 0.4) is 0 Å². The van der Waals surface area contributed by atoms with E-state index in [1.54, 1.807) is 0 Å². The lowest BCUT2D eigenvalue weighted by Crippen LogP contribution is -2.10. The zero-order chi connectivity index (χ0) is 42.0. The summed E-state index contributed by atoms with van der Waals surface area (Å²) in [7, 11) is 0. The summed E-state index contributed by atoms with van der Waals surface area (Å²) in [6.45, 7) is 0. The van der Waals surface area contributed by atoms with E-state index in [4.69, 9.17) is 0 Å². The summed E-state index contributed by atoms with van der Waals surface area (Å²) in [5, 5.41) is 2.56. The third-order valence-electron chi connectivity index (χ3n) is 11.9. The smallest absolute Gasteiger partial charge is 0.0554 e. The van der Waals surface area contributed by atoms with Gasteiger partial charge in [0.05, 0.1) is 5.69 Å². The van der Waals surface area contributed by atoms with Crippen LogP contribution in [-0.4, -0.2) is 0 Å². The van der Waals surface area contributed by atoms with Gasteiger partial charge in [0.1, 0.15) is 0 Å². The predicted octanol–water partition coefficient (Wildman–Crippen LogP) is 17.7. The summed E-state index contributed by atoms with van der Waals surface area (Å²) < 4.78 is 2.58. The summed E-state index contributed by atoms with van der Waals surface area (Å²) in [5.41, 5.74) is 16.1. The van der Waals surface area contributed by atoms with Crippen molar-refractivity contribution in [2.75, 3.05) is 9.80 Å². The zero-order valence-corrected chi connectivity index (χ0v) is 35.4. The molecular weight excluding hydrogens is 781 g/mol. The zero-order valence-electron chi connectivity index (χ0n) is 34.6. The van der Waals surface area contributed by atoms with E-state index >= 15 is 0 Å². The van der Waals surface area contributed by atoms with Crippen LogP contribution in [-0.2, 0) is 0 Å². The van der Waals surface area contributed by atoms with Crippen LogP contribution in [0.5, 0.6) is 0 Å². The number of anilines is 6. The van der Waals surface area contributed by atoms with Gasteiger partial charge in [-0.3, -0.25) is 0 Å². The number of fused-ring (bicyclic) bond motifs is 3. The van der Waals surface area contributed by atoms with E-state index in [9.17, 15) is 0 Å². The van der Waals surface area contributed by atoms with Gasteiger partial charge in [0, 0.05) is 48.6 Å². The molecule has 0 aliphatic rings. The number of rotatable bonds is 10. The van der Waals surface area contributed by atoms with Crippen LogP contribution in [0.1, 0.15) is 0 Å². The molecule has 0 unspecified atom stereocenters. The predicted molar refractivity (Wildman–Crippen MR) is 270 cm³/mol. The lowest BCUT2D eigenvalue weighted by Gasteiger charge is -2.27. The number of nitrogens with zero attached hydrogens (tertiary/aromatic N) is 2. The monoisotopic (exact) mass is 822 g/mol. The Balaban J connectivity index is 1.05. The molecule has 0 N–H and O–H groups in total. The van der Waals surface area contributed by atoms with Gasteiger partial charge < -0.3 is 9.80 Å². The highest BCUT2D eigenvalue weighted by Gasteiger charge is 2.21. The number of benzene rings is 10. The van der Waals surface area contributed by atoms with Gasteiger partial charge in [0.15, 0.2) is 0 Å². The van der Waals surface area contributed by atoms with E-state index < -0.39 is 0 Å². The SMILES string of the molecule is c1ccc(-c2cc(-c3ccc(N(c4ccccc4)c4cccc5sc6ccccc6c45)cc3)c(-c3ccccc3)cc2-c2ccc(N(c3ccccc3)c3ccccc3)cc2)cc1. The Morgan fingerprint density at radius 3 is 1.08 bits per heavy atom. The standard InChI is InChI=1S/C60H42N2S/c1-6-19-43(20-7-1)53-42-56(46-35-39-51(40-36-46)62(49-27-14-5-15-28-49)57-30-18-32-59-60(57)52-29-16-17-31-58(52)63-59)54(44-21-8-2-9-22-44)41-55(53)45-33-37-50(38-34-45)61(47-23-10-3-11-24-47)48-25-12-4-13-26-48/h1-42H. The van der Waals surface area contributed by atoms with Gasteiger partial charge in [-0.15, -0.1) is 11.3 Å². The quantitative estimate of drug-likeness (QED) is 0.136. The molecule has 0 aliphatic carbocycles. The summed E-state index contributed by atoms with van der Waals surface area (Å²) in [6, 6.07) is 92.0. The lowest BCUT2D eigenvalue weighted by molar-refractivity contribution is 1.28. The fourth-order valence-electron chi connectivity index (χ4n) is 8.92. The van der Waals surface area contributed by atoms with Crippen LogP contribution in [0.25, 0.3) is 64.7 Å². The Bertz CT molecular complexity index is 3250. The molecule has 0 saturated heterocycles. The maximum atomic E-state index is 2.41. The lowest BCUT2D eigenvalue weighted by atomic mass is 9.85. The van der Waals surface area contributed by atoms with Crippen molar-refractivity contribution in [2.24, 2.45) is 0 Å². The molecule has 1 aromatic heterocycles. The van der Waals surface area contributed by atoms with Gasteiger partial charge in [0.25, 0.3) is 0 Å². The molecule has 0 bridgehead atoms. The molecule has 11 rings (SSSR count). The molecule has 10 aromatic carbocycles. The molecule has 0 fully saturated rings. The van der Waals surface area contributed by atoms with Gasteiger partial charge >= 0.3 is 0 Å². The largest absolute Gasteiger partial charge is 0.311 e. The second-order valence-electron chi connectivity index (χ2n) is 15.7. The van der Waals surface area contributed by atoms with Crippen molar-refractivity contribution in [1.82, 2.24) is 0 Å². The first-order valence-electron chi connectivity index (χ1n) is 21.4. The van der Waals surface area contributed by atoms with Crippen LogP contribution in [0.15, 0.2) is 255 Å². The topological polar surface area (TPSA) is 6.48 Å². The third kappa shape index (κ3) is 7.35. The second-order valence-corrected chi connectivity index (χ2v) is 16.8. The van der Waals surface area contributed by atoms with Crippen LogP contribution < -0.4 is 9.80 Å². The highest BCUT2D eigenvalue weighted by atomic mass is 32.1. The van der Waals surface area contributed by atoms with E-state index in [0.29, 0.717) is 0 Å². The molecule has 0 atom stereocenters. The molecule has 0 radical (unpaired) electrons. The Kier molecular flexibility index (Phi) is 10.1. The molecule has 0 aliphatic heterocycles. The van der Waals surface area contributed by atoms with Crippen molar-refractivity contribution < 1.29 is 0 Å². The molecule has 0 saturated carbocycles. The molecule has 63 heavy (non-hydrogen) atoms. The number of hydrogen-bond acceptors (Lipinski definition) is 3. The minimum Gasteiger partial charge on any atom is -0.311 e. The van der Waals surface area contributed by atoms with Crippen LogP contribution in [0.2, 0.25) is 0 Å². The number of thiophene rings is 1. The minimum atomic E-state index is 1.10. The second kappa shape index (κ2) is 16.8. The minimum absolute atomic E-state index is 1.10. The summed E-state index contributed by atoms with van der Waals surface area (Å²) >= 11 is 1.85. The van der Waals surface area contributed by atoms with Crippen molar-refractivity contribution in [1.29, 1.82) is 0 Å². The van der Waals surface area contributed by atoms with Crippen molar-refractivity contribution in [3.05, 3.63) is 255 Å². The molecular formula is C60H42N2S. The summed E-state index contributed by atoms with van der Waals surface area (Å²) in [6.07, 6.45) is 0. The summed E-state index contributed by atoms with van der Waals surface area (Å²) in [5.74, 6) is 0. The molecule has 3 heteroatoms. The van der Waals surface area contributed by atoms with E-state index in [-0.39, 0.29) is 0 Å². The Hall–Kier alpha value is -7.98. The van der Waals surface area contributed by atoms with E-state index in [2.05, 4.69) is 265 Å². The Morgan fingerprint density at radius 1 is 0.254 bits per heavy atom. The summed E-state index contributed by atoms with van der Waals surface area (Å²) in [4.78, 5) is 4.72. The fraction of sp³-hybridized carbons (Fsp3) is 0. The average Bonchev–Trinajstić information content (AvgIpc) is 3.75. The van der Waals surface area contributed by atoms with Gasteiger partial charge in [0.2, 0.25) is 0 Å². The van der Waals surface area contributed by atoms with E-state index in [1.165, 1.54) is 59.2 Å². The maximum absolute atomic E-state index is 2.41. The van der Waals surface area contributed by atoms with Crippen molar-refractivity contribution in [3.8, 4) is 44.5 Å². The van der Waals surface area contributed by atoms with Crippen LogP contribution >= 0.6 is 11.3 Å². The number of para-hydroxylation sites is 3. The molecule has 0 spiro atoms. The Morgan fingerprint density at radius 2 is 0.603 bits per heavy atom. The van der Waals surface area contributed by atoms with E-state index in [0.717, 1.165) is 39.6 Å². The van der Waals surface area contributed by atoms with Gasteiger partial charge in [-0.1, -0.05) is 164 Å². The van der Waals surface area contributed by atoms with Crippen molar-refractivity contribution in [2.45, 2.75) is 0 Å². The Labute approximate surface area is 372 Å². The highest BCUT2D eigenvalue weighted by Crippen LogP contribution is 2.47. The van der Waals surface area contributed by atoms with Gasteiger partial charge in [-0.05, 0) is 136 Å². The first-order valence-corrected chi connectivity index (χ1v) is 22.2. The first kappa shape index (κ1) is 38.0. The molecule has 298 valence electrons. The average molecular weight is 823 g/mol. The molecule has 1 heterocycles. The molecule has 11 aromatic rings. The fourth-order valence-corrected chi connectivity index (χ4v) is 10.0. The van der Waals surface area contributed by atoms with Crippen LogP contribution in [0.4, 0.5) is 34.1 Å². The van der Waals surface area contributed by atoms with Crippen LogP contribution in [0, 0.1) is 0 Å². The van der Waals surface area contributed by atoms with Crippen molar-refractivity contribution in [3.63, 3.8) is 0 Å². The maximum Gasteiger partial charge on any atom is 0.0554 e. The van der Waals surface area contributed by atoms with Crippen molar-refractivity contribution >= 4 is 65.6 Å².